The Kier molecular flexibility index (Phi) is 2.69. The summed E-state index contributed by atoms with van der Waals surface area (Å²) >= 11 is 0. The molecule has 0 saturated heterocycles. The molecular formula is C11H8ClN3O2. The van der Waals surface area contributed by atoms with Crippen LogP contribution in [0.15, 0.2) is 40.1 Å². The van der Waals surface area contributed by atoms with Crippen LogP contribution < -0.4 is 11.2 Å². The van der Waals surface area contributed by atoms with Crippen LogP contribution in [-0.2, 0) is 0 Å². The summed E-state index contributed by atoms with van der Waals surface area (Å²) in [5, 5.41) is 1.23. The molecule has 0 radical (unpaired) electrons. The number of fused-ring (bicyclic) bond motifs is 3. The third kappa shape index (κ3) is 1.70. The monoisotopic (exact) mass is 249 g/mol. The van der Waals surface area contributed by atoms with Gasteiger partial charge in [0.25, 0.3) is 5.56 Å². The fraction of sp³-hybridized carbons (Fsp3) is 0. The van der Waals surface area contributed by atoms with Gasteiger partial charge >= 0.3 is 5.69 Å². The highest BCUT2D eigenvalue weighted by Gasteiger charge is 2.04. The van der Waals surface area contributed by atoms with Gasteiger partial charge < -0.3 is 4.98 Å². The van der Waals surface area contributed by atoms with Crippen molar-refractivity contribution in [1.29, 1.82) is 0 Å². The topological polar surface area (TPSA) is 78.6 Å². The summed E-state index contributed by atoms with van der Waals surface area (Å²) in [4.78, 5) is 31.7. The zero-order valence-electron chi connectivity index (χ0n) is 8.56. The Morgan fingerprint density at radius 2 is 1.82 bits per heavy atom. The first-order valence-electron chi connectivity index (χ1n) is 4.76. The molecule has 2 N–H and O–H groups in total. The van der Waals surface area contributed by atoms with Crippen LogP contribution in [0.3, 0.4) is 0 Å². The highest BCUT2D eigenvalue weighted by atomic mass is 35.5. The molecule has 2 aromatic heterocycles. The Bertz CT molecular complexity index is 807. The highest BCUT2D eigenvalue weighted by Crippen LogP contribution is 2.18. The van der Waals surface area contributed by atoms with E-state index in [4.69, 9.17) is 0 Å². The average Bonchev–Trinajstić information content (AvgIpc) is 2.28. The number of aromatic nitrogens is 3. The molecule has 1 aromatic carbocycles. The third-order valence-electron chi connectivity index (χ3n) is 2.50. The van der Waals surface area contributed by atoms with Crippen LogP contribution in [0.5, 0.6) is 0 Å². The first kappa shape index (κ1) is 11.3. The van der Waals surface area contributed by atoms with E-state index in [0.29, 0.717) is 10.9 Å². The van der Waals surface area contributed by atoms with E-state index in [1.807, 2.05) is 6.07 Å². The fourth-order valence-corrected chi connectivity index (χ4v) is 1.79. The lowest BCUT2D eigenvalue weighted by molar-refractivity contribution is 1.08. The van der Waals surface area contributed by atoms with E-state index < -0.39 is 5.69 Å². The number of aromatic amines is 2. The van der Waals surface area contributed by atoms with E-state index in [2.05, 4.69) is 15.0 Å². The molecule has 0 spiro atoms. The summed E-state index contributed by atoms with van der Waals surface area (Å²) in [5.41, 5.74) is 0.383. The van der Waals surface area contributed by atoms with Gasteiger partial charge in [0.05, 0.1) is 16.4 Å². The zero-order valence-corrected chi connectivity index (χ0v) is 9.38. The van der Waals surface area contributed by atoms with Crippen molar-refractivity contribution in [2.24, 2.45) is 0 Å². The van der Waals surface area contributed by atoms with Crippen LogP contribution in [0, 0.1) is 0 Å². The molecule has 3 aromatic rings. The van der Waals surface area contributed by atoms with Crippen molar-refractivity contribution in [3.8, 4) is 0 Å². The largest absolute Gasteiger partial charge is 0.326 e. The number of halogens is 1. The van der Waals surface area contributed by atoms with Crippen LogP contribution in [0.1, 0.15) is 0 Å². The second kappa shape index (κ2) is 4.03. The van der Waals surface area contributed by atoms with Crippen molar-refractivity contribution >= 4 is 34.2 Å². The number of nitrogens with zero attached hydrogens (tertiary/aromatic N) is 1. The molecule has 86 valence electrons. The van der Waals surface area contributed by atoms with Crippen molar-refractivity contribution in [3.63, 3.8) is 0 Å². The summed E-state index contributed by atoms with van der Waals surface area (Å²) in [7, 11) is 0. The number of hydrogen-bond acceptors (Lipinski definition) is 3. The molecule has 0 aliphatic rings. The highest BCUT2D eigenvalue weighted by molar-refractivity contribution is 6.02. The SMILES string of the molecule is Cl.O=c1[nH]c(=O)c2ccc3ncccc3c2[nH]1. The quantitative estimate of drug-likeness (QED) is 0.588. The third-order valence-corrected chi connectivity index (χ3v) is 2.50. The minimum Gasteiger partial charge on any atom is -0.306 e. The van der Waals surface area contributed by atoms with Gasteiger partial charge in [-0.25, -0.2) is 4.79 Å². The van der Waals surface area contributed by atoms with Crippen molar-refractivity contribution in [3.05, 3.63) is 51.3 Å². The first-order valence-corrected chi connectivity index (χ1v) is 4.76. The number of pyridine rings is 1. The van der Waals surface area contributed by atoms with E-state index >= 15 is 0 Å². The number of H-pyrrole nitrogens is 2. The van der Waals surface area contributed by atoms with Gasteiger partial charge in [-0.2, -0.15) is 0 Å². The minimum absolute atomic E-state index is 0. The fourth-order valence-electron chi connectivity index (χ4n) is 1.79. The van der Waals surface area contributed by atoms with Gasteiger partial charge in [0.15, 0.2) is 0 Å². The summed E-state index contributed by atoms with van der Waals surface area (Å²) in [5.74, 6) is 0. The Morgan fingerprint density at radius 1 is 1.00 bits per heavy atom. The van der Waals surface area contributed by atoms with Gasteiger partial charge in [-0.3, -0.25) is 14.8 Å². The molecule has 17 heavy (non-hydrogen) atoms. The number of hydrogen-bond donors (Lipinski definition) is 2. The van der Waals surface area contributed by atoms with Crippen molar-refractivity contribution in [2.75, 3.05) is 0 Å². The molecule has 2 heterocycles. The number of benzene rings is 1. The molecule has 6 heteroatoms. The molecule has 0 bridgehead atoms. The molecule has 0 fully saturated rings. The van der Waals surface area contributed by atoms with Crippen LogP contribution in [0.2, 0.25) is 0 Å². The minimum atomic E-state index is -0.506. The van der Waals surface area contributed by atoms with E-state index in [1.54, 1.807) is 24.4 Å². The van der Waals surface area contributed by atoms with E-state index in [1.165, 1.54) is 0 Å². The normalized spacial score (nSPS) is 10.4. The summed E-state index contributed by atoms with van der Waals surface area (Å²) in [6, 6.07) is 6.99. The smallest absolute Gasteiger partial charge is 0.306 e. The van der Waals surface area contributed by atoms with Gasteiger partial charge in [-0.15, -0.1) is 12.4 Å². The summed E-state index contributed by atoms with van der Waals surface area (Å²) in [6.45, 7) is 0. The molecule has 5 nitrogen and oxygen atoms in total. The lowest BCUT2D eigenvalue weighted by Gasteiger charge is -2.00. The van der Waals surface area contributed by atoms with Crippen molar-refractivity contribution in [2.45, 2.75) is 0 Å². The molecule has 0 aliphatic carbocycles. The lowest BCUT2D eigenvalue weighted by atomic mass is 10.1. The summed E-state index contributed by atoms with van der Waals surface area (Å²) in [6.07, 6.45) is 1.67. The van der Waals surface area contributed by atoms with E-state index in [-0.39, 0.29) is 18.0 Å². The average molecular weight is 250 g/mol. The summed E-state index contributed by atoms with van der Waals surface area (Å²) < 4.78 is 0. The molecule has 3 rings (SSSR count). The Labute approximate surface area is 101 Å². The Morgan fingerprint density at radius 3 is 2.65 bits per heavy atom. The lowest BCUT2D eigenvalue weighted by Crippen LogP contribution is -2.21. The molecular weight excluding hydrogens is 242 g/mol. The predicted molar refractivity (Wildman–Crippen MR) is 67.7 cm³/mol. The zero-order chi connectivity index (χ0) is 11.1. The van der Waals surface area contributed by atoms with Crippen LogP contribution in [0.4, 0.5) is 0 Å². The van der Waals surface area contributed by atoms with E-state index in [9.17, 15) is 9.59 Å². The first-order chi connectivity index (χ1) is 7.75. The van der Waals surface area contributed by atoms with Crippen LogP contribution in [0.25, 0.3) is 21.8 Å². The number of rotatable bonds is 0. The van der Waals surface area contributed by atoms with Gasteiger partial charge in [-0.1, -0.05) is 0 Å². The van der Waals surface area contributed by atoms with Gasteiger partial charge in [0, 0.05) is 11.6 Å². The van der Waals surface area contributed by atoms with Gasteiger partial charge in [-0.05, 0) is 24.3 Å². The molecule has 0 saturated carbocycles. The Balaban J connectivity index is 0.00000108. The van der Waals surface area contributed by atoms with Gasteiger partial charge in [0.2, 0.25) is 0 Å². The van der Waals surface area contributed by atoms with Crippen LogP contribution in [-0.4, -0.2) is 15.0 Å². The second-order valence-electron chi connectivity index (χ2n) is 3.47. The maximum Gasteiger partial charge on any atom is 0.326 e. The molecule has 0 aliphatic heterocycles. The van der Waals surface area contributed by atoms with Crippen molar-refractivity contribution < 1.29 is 0 Å². The molecule has 0 unspecified atom stereocenters. The number of nitrogens with one attached hydrogen (secondary N) is 2. The Hall–Kier alpha value is -2.14. The second-order valence-corrected chi connectivity index (χ2v) is 3.47. The molecule has 0 amide bonds. The maximum absolute atomic E-state index is 11.5. The maximum atomic E-state index is 11.5. The van der Waals surface area contributed by atoms with E-state index in [0.717, 1.165) is 10.9 Å². The van der Waals surface area contributed by atoms with Gasteiger partial charge in [0.1, 0.15) is 0 Å². The predicted octanol–water partition coefficient (Wildman–Crippen LogP) is 1.19. The van der Waals surface area contributed by atoms with Crippen LogP contribution >= 0.6 is 12.4 Å². The standard InChI is InChI=1S/C11H7N3O2.ClH/c15-10-7-3-4-8-6(2-1-5-12-8)9(7)13-11(16)14-10;/h1-5H,(H2,13,14,15,16);1H. The van der Waals surface area contributed by atoms with Crippen molar-refractivity contribution in [1.82, 2.24) is 15.0 Å². The molecule has 0 atom stereocenters.